The van der Waals surface area contributed by atoms with E-state index in [1.807, 2.05) is 48.5 Å². The third-order valence-corrected chi connectivity index (χ3v) is 5.71. The molecule has 1 saturated heterocycles. The van der Waals surface area contributed by atoms with Gasteiger partial charge in [0, 0.05) is 13.0 Å². The second-order valence-electron chi connectivity index (χ2n) is 7.48. The number of carboxylic acid groups (broad SMARTS) is 1. The van der Waals surface area contributed by atoms with Crippen LogP contribution in [0.25, 0.3) is 11.1 Å². The highest BCUT2D eigenvalue weighted by molar-refractivity contribution is 5.79. The molecule has 2 aliphatic rings. The van der Waals surface area contributed by atoms with Gasteiger partial charge in [-0.15, -0.1) is 0 Å². The minimum atomic E-state index is -1.75. The quantitative estimate of drug-likeness (QED) is 0.555. The molecule has 1 heterocycles. The van der Waals surface area contributed by atoms with Gasteiger partial charge in [-0.3, -0.25) is 0 Å². The summed E-state index contributed by atoms with van der Waals surface area (Å²) in [7, 11) is 1.24. The summed E-state index contributed by atoms with van der Waals surface area (Å²) in [4.78, 5) is 23.7. The molecule has 0 saturated carbocycles. The molecule has 0 radical (unpaired) electrons. The number of rotatable bonds is 5. The van der Waals surface area contributed by atoms with Gasteiger partial charge in [-0.2, -0.15) is 0 Å². The molecule has 0 aromatic heterocycles. The molecule has 5 atom stereocenters. The first kappa shape index (κ1) is 21.3. The summed E-state index contributed by atoms with van der Waals surface area (Å²) in [6, 6.07) is 14.6. The van der Waals surface area contributed by atoms with Crippen molar-refractivity contribution in [3.8, 4) is 11.1 Å². The van der Waals surface area contributed by atoms with Gasteiger partial charge in [0.05, 0.1) is 0 Å². The third-order valence-electron chi connectivity index (χ3n) is 5.71. The number of ether oxygens (including phenoxy) is 3. The van der Waals surface area contributed by atoms with Crippen LogP contribution in [0.4, 0.5) is 4.79 Å². The third kappa shape index (κ3) is 3.88. The van der Waals surface area contributed by atoms with Gasteiger partial charge in [0.1, 0.15) is 24.9 Å². The summed E-state index contributed by atoms with van der Waals surface area (Å²) in [6.45, 7) is 0.0570. The molecule has 4 N–H and O–H groups in total. The minimum Gasteiger partial charge on any atom is -0.479 e. The van der Waals surface area contributed by atoms with Crippen LogP contribution in [0.5, 0.6) is 0 Å². The highest BCUT2D eigenvalue weighted by Crippen LogP contribution is 2.44. The summed E-state index contributed by atoms with van der Waals surface area (Å²) < 4.78 is 15.6. The largest absolute Gasteiger partial charge is 0.479 e. The average Bonchev–Trinajstić information content (AvgIpc) is 3.09. The number of fused-ring (bicyclic) bond motifs is 3. The maximum Gasteiger partial charge on any atom is 0.407 e. The van der Waals surface area contributed by atoms with Crippen molar-refractivity contribution in [3.05, 3.63) is 59.7 Å². The van der Waals surface area contributed by atoms with Gasteiger partial charge in [-0.05, 0) is 22.3 Å². The molecule has 2 aromatic carbocycles. The van der Waals surface area contributed by atoms with E-state index in [0.717, 1.165) is 22.3 Å². The lowest BCUT2D eigenvalue weighted by Crippen LogP contribution is -2.65. The number of methoxy groups -OCH3 is 1. The molecule has 1 aliphatic heterocycles. The number of aliphatic carboxylic acids is 1. The van der Waals surface area contributed by atoms with Crippen molar-refractivity contribution in [2.45, 2.75) is 36.6 Å². The van der Waals surface area contributed by atoms with Crippen LogP contribution in [0.2, 0.25) is 0 Å². The van der Waals surface area contributed by atoms with E-state index >= 15 is 0 Å². The number of aliphatic hydroxyl groups is 2. The summed E-state index contributed by atoms with van der Waals surface area (Å²) in [5, 5.41) is 31.9. The van der Waals surface area contributed by atoms with E-state index in [0.29, 0.717) is 0 Å². The Kier molecular flexibility index (Phi) is 5.92. The second kappa shape index (κ2) is 8.64. The number of carbonyl (C=O) groups excluding carboxylic acids is 1. The number of amides is 1. The van der Waals surface area contributed by atoms with E-state index in [4.69, 9.17) is 19.3 Å². The molecule has 0 bridgehead atoms. The maximum atomic E-state index is 12.5. The standard InChI is InChI=1S/C22H23NO8/c1-29-21-16(17(24)18(25)19(31-21)20(26)27)23-22(28)30-10-15-13-8-4-2-6-11(13)12-7-3-5-9-14(12)15/h2-9,15-19,21,24-25H,10H2,1H3,(H,23,28)(H,26,27)/t16-,17-,18+,19+,21+/m1/s1. The molecule has 164 valence electrons. The summed E-state index contributed by atoms with van der Waals surface area (Å²) in [5.74, 6) is -1.60. The zero-order chi connectivity index (χ0) is 22.1. The number of hydrogen-bond acceptors (Lipinski definition) is 7. The van der Waals surface area contributed by atoms with Crippen molar-refractivity contribution >= 4 is 12.1 Å². The predicted molar refractivity (Wildman–Crippen MR) is 107 cm³/mol. The molecule has 1 fully saturated rings. The Hall–Kier alpha value is -2.98. The van der Waals surface area contributed by atoms with Crippen molar-refractivity contribution in [1.82, 2.24) is 5.32 Å². The Morgan fingerprint density at radius 3 is 2.13 bits per heavy atom. The number of nitrogens with one attached hydrogen (secondary N) is 1. The maximum absolute atomic E-state index is 12.5. The normalized spacial score (nSPS) is 27.3. The van der Waals surface area contributed by atoms with Crippen molar-refractivity contribution in [2.75, 3.05) is 13.7 Å². The molecule has 1 amide bonds. The van der Waals surface area contributed by atoms with Crippen LogP contribution in [0.1, 0.15) is 17.0 Å². The van der Waals surface area contributed by atoms with Crippen LogP contribution in [0, 0.1) is 0 Å². The number of aliphatic hydroxyl groups excluding tert-OH is 2. The predicted octanol–water partition coefficient (Wildman–Crippen LogP) is 1.07. The number of carbonyl (C=O) groups is 2. The first-order valence-corrected chi connectivity index (χ1v) is 9.81. The zero-order valence-electron chi connectivity index (χ0n) is 16.7. The SMILES string of the molecule is CO[C@H]1O[C@H](C(=O)O)[C@@H](O)[C@H](O)[C@H]1NC(=O)OCC1c2ccccc2-c2ccccc21. The summed E-state index contributed by atoms with van der Waals surface area (Å²) in [5.41, 5.74) is 4.27. The van der Waals surface area contributed by atoms with E-state index in [9.17, 15) is 19.8 Å². The van der Waals surface area contributed by atoms with Gasteiger partial charge in [0.15, 0.2) is 12.4 Å². The van der Waals surface area contributed by atoms with Crippen molar-refractivity contribution in [1.29, 1.82) is 0 Å². The lowest BCUT2D eigenvalue weighted by atomic mass is 9.97. The molecular weight excluding hydrogens is 406 g/mol. The highest BCUT2D eigenvalue weighted by atomic mass is 16.7. The van der Waals surface area contributed by atoms with Crippen molar-refractivity contribution in [2.24, 2.45) is 0 Å². The average molecular weight is 429 g/mol. The highest BCUT2D eigenvalue weighted by Gasteiger charge is 2.48. The lowest BCUT2D eigenvalue weighted by molar-refractivity contribution is -0.256. The van der Waals surface area contributed by atoms with Crippen LogP contribution < -0.4 is 5.32 Å². The van der Waals surface area contributed by atoms with Crippen LogP contribution in [0.3, 0.4) is 0 Å². The Bertz CT molecular complexity index is 932. The Labute approximate surface area is 178 Å². The Balaban J connectivity index is 1.44. The zero-order valence-corrected chi connectivity index (χ0v) is 16.7. The van der Waals surface area contributed by atoms with Gasteiger partial charge in [0.25, 0.3) is 0 Å². The number of benzene rings is 2. The van der Waals surface area contributed by atoms with Crippen LogP contribution >= 0.6 is 0 Å². The van der Waals surface area contributed by atoms with E-state index in [-0.39, 0.29) is 12.5 Å². The van der Waals surface area contributed by atoms with E-state index in [2.05, 4.69) is 5.32 Å². The first-order chi connectivity index (χ1) is 14.9. The van der Waals surface area contributed by atoms with Crippen LogP contribution in [-0.4, -0.2) is 71.7 Å². The fourth-order valence-electron chi connectivity index (χ4n) is 4.20. The van der Waals surface area contributed by atoms with Gasteiger partial charge in [-0.1, -0.05) is 48.5 Å². The molecule has 31 heavy (non-hydrogen) atoms. The van der Waals surface area contributed by atoms with Crippen molar-refractivity contribution in [3.63, 3.8) is 0 Å². The minimum absolute atomic E-state index is 0.0570. The number of carboxylic acids is 1. The van der Waals surface area contributed by atoms with E-state index < -0.39 is 42.7 Å². The topological polar surface area (TPSA) is 135 Å². The fraction of sp³-hybridized carbons (Fsp3) is 0.364. The molecule has 2 aromatic rings. The molecule has 1 aliphatic carbocycles. The smallest absolute Gasteiger partial charge is 0.407 e. The lowest BCUT2D eigenvalue weighted by Gasteiger charge is -2.40. The van der Waals surface area contributed by atoms with E-state index in [1.165, 1.54) is 7.11 Å². The summed E-state index contributed by atoms with van der Waals surface area (Å²) in [6.07, 6.45) is -7.18. The molecule has 9 nitrogen and oxygen atoms in total. The number of alkyl carbamates (subject to hydrolysis) is 1. The van der Waals surface area contributed by atoms with E-state index in [1.54, 1.807) is 0 Å². The first-order valence-electron chi connectivity index (χ1n) is 9.81. The van der Waals surface area contributed by atoms with Gasteiger partial charge >= 0.3 is 12.1 Å². The number of hydrogen-bond donors (Lipinski definition) is 4. The van der Waals surface area contributed by atoms with Crippen LogP contribution in [-0.2, 0) is 19.0 Å². The molecule has 4 rings (SSSR count). The van der Waals surface area contributed by atoms with Gasteiger partial charge < -0.3 is 34.8 Å². The summed E-state index contributed by atoms with van der Waals surface area (Å²) >= 11 is 0. The molecular formula is C22H23NO8. The molecule has 9 heteroatoms. The molecule has 0 unspecified atom stereocenters. The Morgan fingerprint density at radius 1 is 1.00 bits per heavy atom. The Morgan fingerprint density at radius 2 is 1.58 bits per heavy atom. The van der Waals surface area contributed by atoms with Crippen LogP contribution in [0.15, 0.2) is 48.5 Å². The molecule has 0 spiro atoms. The second-order valence-corrected chi connectivity index (χ2v) is 7.48. The van der Waals surface area contributed by atoms with Gasteiger partial charge in [0.2, 0.25) is 0 Å². The van der Waals surface area contributed by atoms with Gasteiger partial charge in [-0.25, -0.2) is 9.59 Å². The fourth-order valence-corrected chi connectivity index (χ4v) is 4.20. The van der Waals surface area contributed by atoms with Crippen molar-refractivity contribution < 1.29 is 39.1 Å². The monoisotopic (exact) mass is 429 g/mol.